The highest BCUT2D eigenvalue weighted by Gasteiger charge is 2.17. The minimum atomic E-state index is 0.855. The van der Waals surface area contributed by atoms with Crippen LogP contribution in [-0.4, -0.2) is 17.1 Å². The number of fused-ring (bicyclic) bond motifs is 3. The minimum Gasteiger partial charge on any atom is -0.497 e. The van der Waals surface area contributed by atoms with Crippen molar-refractivity contribution in [1.82, 2.24) is 9.97 Å². The maximum Gasteiger partial charge on any atom is 0.118 e. The first-order valence-corrected chi connectivity index (χ1v) is 10.6. The van der Waals surface area contributed by atoms with E-state index in [9.17, 15) is 0 Å². The van der Waals surface area contributed by atoms with E-state index in [0.717, 1.165) is 27.9 Å². The van der Waals surface area contributed by atoms with Crippen LogP contribution < -0.4 is 4.74 Å². The molecule has 3 heteroatoms. The number of hydrogen-bond donors (Lipinski definition) is 0. The smallest absolute Gasteiger partial charge is 0.118 e. The molecular formula is C29H20N2O. The lowest BCUT2D eigenvalue weighted by Crippen LogP contribution is -1.93. The van der Waals surface area contributed by atoms with E-state index in [1.807, 2.05) is 24.4 Å². The summed E-state index contributed by atoms with van der Waals surface area (Å²) in [6.45, 7) is 0. The average molecular weight is 412 g/mol. The molecular weight excluding hydrogens is 392 g/mol. The monoisotopic (exact) mass is 412 g/mol. The van der Waals surface area contributed by atoms with Crippen LogP contribution in [0.5, 0.6) is 5.75 Å². The van der Waals surface area contributed by atoms with E-state index in [1.165, 1.54) is 32.7 Å². The van der Waals surface area contributed by atoms with Gasteiger partial charge in [0, 0.05) is 23.3 Å². The molecule has 0 aliphatic carbocycles. The van der Waals surface area contributed by atoms with Crippen LogP contribution in [0.4, 0.5) is 0 Å². The third kappa shape index (κ3) is 2.90. The van der Waals surface area contributed by atoms with Gasteiger partial charge in [-0.1, -0.05) is 60.7 Å². The van der Waals surface area contributed by atoms with Crippen molar-refractivity contribution in [2.75, 3.05) is 7.11 Å². The van der Waals surface area contributed by atoms with Crippen molar-refractivity contribution in [2.24, 2.45) is 0 Å². The molecule has 0 aliphatic heterocycles. The lowest BCUT2D eigenvalue weighted by Gasteiger charge is -2.17. The Bertz CT molecular complexity index is 1550. The summed E-state index contributed by atoms with van der Waals surface area (Å²) in [5.41, 5.74) is 5.48. The fourth-order valence-corrected chi connectivity index (χ4v) is 4.58. The van der Waals surface area contributed by atoms with E-state index in [2.05, 4.69) is 77.8 Å². The highest BCUT2D eigenvalue weighted by molar-refractivity contribution is 6.21. The minimum absolute atomic E-state index is 0.855. The van der Waals surface area contributed by atoms with Crippen LogP contribution in [0.1, 0.15) is 0 Å². The molecule has 152 valence electrons. The molecule has 0 atom stereocenters. The largest absolute Gasteiger partial charge is 0.497 e. The van der Waals surface area contributed by atoms with Gasteiger partial charge in [0.25, 0.3) is 0 Å². The standard InChI is InChI=1S/C29H20N2O/c1-32-21-13-10-19(11-14-21)28-22-6-2-4-8-24(22)29(25-9-5-3-7-23(25)28)27-15-12-20-18-30-17-16-26(20)31-27/h2-18H,1H3. The number of methoxy groups -OCH3 is 1. The number of nitrogens with zero attached hydrogens (tertiary/aromatic N) is 2. The van der Waals surface area contributed by atoms with Crippen LogP contribution in [0.15, 0.2) is 103 Å². The van der Waals surface area contributed by atoms with Gasteiger partial charge in [-0.05, 0) is 63.0 Å². The Morgan fingerprint density at radius 2 is 1.25 bits per heavy atom. The van der Waals surface area contributed by atoms with Crippen LogP contribution in [-0.2, 0) is 0 Å². The number of benzene rings is 4. The van der Waals surface area contributed by atoms with Crippen LogP contribution >= 0.6 is 0 Å². The van der Waals surface area contributed by atoms with Crippen LogP contribution in [0, 0.1) is 0 Å². The van der Waals surface area contributed by atoms with Gasteiger partial charge in [0.15, 0.2) is 0 Å². The van der Waals surface area contributed by atoms with Crippen LogP contribution in [0.2, 0.25) is 0 Å². The van der Waals surface area contributed by atoms with Gasteiger partial charge >= 0.3 is 0 Å². The van der Waals surface area contributed by atoms with Gasteiger partial charge in [0.1, 0.15) is 5.75 Å². The number of ether oxygens (including phenoxy) is 1. The topological polar surface area (TPSA) is 35.0 Å². The van der Waals surface area contributed by atoms with Gasteiger partial charge in [-0.3, -0.25) is 4.98 Å². The SMILES string of the molecule is COc1ccc(-c2c3ccccc3c(-c3ccc4cnccc4n3)c3ccccc23)cc1. The van der Waals surface area contributed by atoms with Crippen molar-refractivity contribution in [2.45, 2.75) is 0 Å². The molecule has 0 saturated carbocycles. The van der Waals surface area contributed by atoms with Crippen molar-refractivity contribution in [1.29, 1.82) is 0 Å². The quantitative estimate of drug-likeness (QED) is 0.287. The molecule has 2 heterocycles. The van der Waals surface area contributed by atoms with E-state index >= 15 is 0 Å². The van der Waals surface area contributed by atoms with E-state index in [0.29, 0.717) is 0 Å². The Hall–Kier alpha value is -4.24. The zero-order valence-corrected chi connectivity index (χ0v) is 17.6. The summed E-state index contributed by atoms with van der Waals surface area (Å²) in [6.07, 6.45) is 3.65. The first-order valence-electron chi connectivity index (χ1n) is 10.6. The number of rotatable bonds is 3. The van der Waals surface area contributed by atoms with Gasteiger partial charge in [0.2, 0.25) is 0 Å². The molecule has 2 aromatic heterocycles. The Morgan fingerprint density at radius 1 is 0.625 bits per heavy atom. The lowest BCUT2D eigenvalue weighted by atomic mass is 9.87. The summed E-state index contributed by atoms with van der Waals surface area (Å²) in [5, 5.41) is 5.85. The van der Waals surface area contributed by atoms with Gasteiger partial charge in [0.05, 0.1) is 18.3 Å². The first-order chi connectivity index (χ1) is 15.8. The van der Waals surface area contributed by atoms with Crippen molar-refractivity contribution in [3.8, 4) is 28.1 Å². The summed E-state index contributed by atoms with van der Waals surface area (Å²) in [4.78, 5) is 9.24. The molecule has 4 aromatic carbocycles. The van der Waals surface area contributed by atoms with Gasteiger partial charge in [-0.2, -0.15) is 0 Å². The zero-order valence-electron chi connectivity index (χ0n) is 17.6. The average Bonchev–Trinajstić information content (AvgIpc) is 2.87. The highest BCUT2D eigenvalue weighted by Crippen LogP contribution is 2.43. The van der Waals surface area contributed by atoms with Crippen LogP contribution in [0.3, 0.4) is 0 Å². The summed E-state index contributed by atoms with van der Waals surface area (Å²) >= 11 is 0. The van der Waals surface area contributed by atoms with Crippen LogP contribution in [0.25, 0.3) is 54.8 Å². The second-order valence-electron chi connectivity index (χ2n) is 7.83. The van der Waals surface area contributed by atoms with E-state index in [-0.39, 0.29) is 0 Å². The maximum atomic E-state index is 5.38. The molecule has 0 amide bonds. The van der Waals surface area contributed by atoms with Gasteiger partial charge in [-0.15, -0.1) is 0 Å². The highest BCUT2D eigenvalue weighted by atomic mass is 16.5. The summed E-state index contributed by atoms with van der Waals surface area (Å²) < 4.78 is 5.38. The van der Waals surface area contributed by atoms with Crippen molar-refractivity contribution < 1.29 is 4.74 Å². The Kier molecular flexibility index (Phi) is 4.32. The normalized spacial score (nSPS) is 11.3. The maximum absolute atomic E-state index is 5.38. The molecule has 0 aliphatic rings. The molecule has 0 N–H and O–H groups in total. The molecule has 0 bridgehead atoms. The predicted molar refractivity (Wildman–Crippen MR) is 132 cm³/mol. The number of hydrogen-bond acceptors (Lipinski definition) is 3. The lowest BCUT2D eigenvalue weighted by molar-refractivity contribution is 0.415. The third-order valence-corrected chi connectivity index (χ3v) is 6.06. The second-order valence-corrected chi connectivity index (χ2v) is 7.83. The molecule has 0 spiro atoms. The molecule has 3 nitrogen and oxygen atoms in total. The van der Waals surface area contributed by atoms with Crippen molar-refractivity contribution >= 4 is 32.4 Å². The van der Waals surface area contributed by atoms with Crippen molar-refractivity contribution in [3.05, 3.63) is 103 Å². The summed E-state index contributed by atoms with van der Waals surface area (Å²) in [7, 11) is 1.70. The molecule has 0 radical (unpaired) electrons. The third-order valence-electron chi connectivity index (χ3n) is 6.06. The fourth-order valence-electron chi connectivity index (χ4n) is 4.58. The Balaban J connectivity index is 1.73. The Morgan fingerprint density at radius 3 is 1.88 bits per heavy atom. The zero-order chi connectivity index (χ0) is 21.5. The number of aromatic nitrogens is 2. The second kappa shape index (κ2) is 7.47. The van der Waals surface area contributed by atoms with E-state index in [4.69, 9.17) is 9.72 Å². The first kappa shape index (κ1) is 18.5. The molecule has 6 rings (SSSR count). The molecule has 6 aromatic rings. The summed E-state index contributed by atoms with van der Waals surface area (Å²) in [6, 6.07) is 31.7. The van der Waals surface area contributed by atoms with E-state index < -0.39 is 0 Å². The van der Waals surface area contributed by atoms with Crippen molar-refractivity contribution in [3.63, 3.8) is 0 Å². The molecule has 0 unspecified atom stereocenters. The predicted octanol–water partition coefficient (Wildman–Crippen LogP) is 7.28. The van der Waals surface area contributed by atoms with Gasteiger partial charge in [-0.25, -0.2) is 4.98 Å². The fraction of sp³-hybridized carbons (Fsp3) is 0.0345. The van der Waals surface area contributed by atoms with Gasteiger partial charge < -0.3 is 4.74 Å². The molecule has 0 fully saturated rings. The Labute approximate surface area is 186 Å². The molecule has 32 heavy (non-hydrogen) atoms. The summed E-state index contributed by atoms with van der Waals surface area (Å²) in [5.74, 6) is 0.855. The molecule has 0 saturated heterocycles. The number of pyridine rings is 2. The van der Waals surface area contributed by atoms with E-state index in [1.54, 1.807) is 13.3 Å².